The normalized spacial score (nSPS) is 9.70. The van der Waals surface area contributed by atoms with E-state index in [9.17, 15) is 4.79 Å². The van der Waals surface area contributed by atoms with Crippen LogP contribution in [0.4, 0.5) is 0 Å². The van der Waals surface area contributed by atoms with E-state index < -0.39 is 0 Å². The molecule has 2 N–H and O–H groups in total. The van der Waals surface area contributed by atoms with E-state index in [-0.39, 0.29) is 12.5 Å². The molecule has 2 rings (SSSR count). The maximum absolute atomic E-state index is 12.0. The molecule has 0 bridgehead atoms. The van der Waals surface area contributed by atoms with E-state index in [2.05, 4.69) is 22.1 Å². The van der Waals surface area contributed by atoms with Crippen LogP contribution in [0.2, 0.25) is 0 Å². The van der Waals surface area contributed by atoms with E-state index in [0.717, 1.165) is 16.0 Å². The lowest BCUT2D eigenvalue weighted by atomic mass is 10.2. The molecule has 0 aliphatic heterocycles. The Kier molecular flexibility index (Phi) is 4.88. The van der Waals surface area contributed by atoms with E-state index in [0.29, 0.717) is 12.1 Å². The Bertz CT molecular complexity index is 668. The van der Waals surface area contributed by atoms with E-state index >= 15 is 0 Å². The molecule has 20 heavy (non-hydrogen) atoms. The van der Waals surface area contributed by atoms with Crippen LogP contribution in [0.1, 0.15) is 26.4 Å². The predicted molar refractivity (Wildman–Crippen MR) is 78.4 cm³/mol. The van der Waals surface area contributed by atoms with Crippen LogP contribution in [0.3, 0.4) is 0 Å². The SMILES string of the molecule is Cc1cncc(C(=O)NCc2sccc2C#CCO)c1. The molecule has 0 saturated carbocycles. The van der Waals surface area contributed by atoms with Crippen LogP contribution in [0.5, 0.6) is 0 Å². The molecule has 4 nitrogen and oxygen atoms in total. The zero-order chi connectivity index (χ0) is 14.4. The second kappa shape index (κ2) is 6.85. The van der Waals surface area contributed by atoms with Crippen molar-refractivity contribution in [1.82, 2.24) is 10.3 Å². The molecule has 102 valence electrons. The summed E-state index contributed by atoms with van der Waals surface area (Å²) < 4.78 is 0. The van der Waals surface area contributed by atoms with Crippen molar-refractivity contribution in [2.45, 2.75) is 13.5 Å². The first-order valence-electron chi connectivity index (χ1n) is 6.06. The zero-order valence-electron chi connectivity index (χ0n) is 11.0. The quantitative estimate of drug-likeness (QED) is 0.845. The highest BCUT2D eigenvalue weighted by molar-refractivity contribution is 7.10. The van der Waals surface area contributed by atoms with Crippen molar-refractivity contribution in [3.63, 3.8) is 0 Å². The molecule has 0 aromatic carbocycles. The number of aliphatic hydroxyl groups excluding tert-OH is 1. The molecular weight excluding hydrogens is 272 g/mol. The fraction of sp³-hybridized carbons (Fsp3) is 0.200. The summed E-state index contributed by atoms with van der Waals surface area (Å²) in [4.78, 5) is 17.0. The topological polar surface area (TPSA) is 62.2 Å². The number of aryl methyl sites for hydroxylation is 1. The monoisotopic (exact) mass is 286 g/mol. The highest BCUT2D eigenvalue weighted by atomic mass is 32.1. The minimum absolute atomic E-state index is 0.157. The van der Waals surface area contributed by atoms with Crippen LogP contribution >= 0.6 is 11.3 Å². The van der Waals surface area contributed by atoms with Crippen molar-refractivity contribution in [3.05, 3.63) is 51.5 Å². The number of aromatic nitrogens is 1. The van der Waals surface area contributed by atoms with Gasteiger partial charge < -0.3 is 10.4 Å². The number of aliphatic hydroxyl groups is 1. The van der Waals surface area contributed by atoms with Gasteiger partial charge in [0.1, 0.15) is 6.61 Å². The van der Waals surface area contributed by atoms with Gasteiger partial charge in [0.25, 0.3) is 5.91 Å². The molecule has 0 saturated heterocycles. The van der Waals surface area contributed by atoms with Crippen molar-refractivity contribution in [2.24, 2.45) is 0 Å². The zero-order valence-corrected chi connectivity index (χ0v) is 11.8. The van der Waals surface area contributed by atoms with Crippen LogP contribution in [0.15, 0.2) is 29.9 Å². The van der Waals surface area contributed by atoms with Crippen LogP contribution in [0.25, 0.3) is 0 Å². The molecule has 0 unspecified atom stereocenters. The van der Waals surface area contributed by atoms with E-state index in [4.69, 9.17) is 5.11 Å². The van der Waals surface area contributed by atoms with Gasteiger partial charge in [-0.2, -0.15) is 0 Å². The number of nitrogens with one attached hydrogen (secondary N) is 1. The van der Waals surface area contributed by atoms with Gasteiger partial charge in [0, 0.05) is 22.8 Å². The summed E-state index contributed by atoms with van der Waals surface area (Å²) in [5, 5.41) is 13.5. The molecule has 0 aliphatic rings. The Hall–Kier alpha value is -2.16. The van der Waals surface area contributed by atoms with Crippen LogP contribution in [-0.2, 0) is 6.54 Å². The van der Waals surface area contributed by atoms with Crippen molar-refractivity contribution < 1.29 is 9.90 Å². The Labute approximate surface area is 121 Å². The first-order valence-corrected chi connectivity index (χ1v) is 6.94. The van der Waals surface area contributed by atoms with Crippen molar-refractivity contribution in [2.75, 3.05) is 6.61 Å². The molecular formula is C15H14N2O2S. The summed E-state index contributed by atoms with van der Waals surface area (Å²) in [6, 6.07) is 3.67. The summed E-state index contributed by atoms with van der Waals surface area (Å²) >= 11 is 1.53. The minimum atomic E-state index is -0.170. The lowest BCUT2D eigenvalue weighted by molar-refractivity contribution is 0.0951. The van der Waals surface area contributed by atoms with Crippen molar-refractivity contribution in [3.8, 4) is 11.8 Å². The maximum Gasteiger partial charge on any atom is 0.253 e. The lowest BCUT2D eigenvalue weighted by Crippen LogP contribution is -2.22. The Morgan fingerprint density at radius 2 is 2.35 bits per heavy atom. The molecule has 0 radical (unpaired) electrons. The smallest absolute Gasteiger partial charge is 0.253 e. The first-order chi connectivity index (χ1) is 9.70. The van der Waals surface area contributed by atoms with Gasteiger partial charge in [-0.15, -0.1) is 11.3 Å². The second-order valence-corrected chi connectivity index (χ2v) is 5.15. The van der Waals surface area contributed by atoms with Crippen molar-refractivity contribution >= 4 is 17.2 Å². The molecule has 0 fully saturated rings. The fourth-order valence-corrected chi connectivity index (χ4v) is 2.44. The summed E-state index contributed by atoms with van der Waals surface area (Å²) in [5.74, 6) is 5.31. The molecule has 0 aliphatic carbocycles. The number of rotatable bonds is 3. The maximum atomic E-state index is 12.0. The highest BCUT2D eigenvalue weighted by Crippen LogP contribution is 2.15. The molecule has 2 heterocycles. The first kappa shape index (κ1) is 14.3. The van der Waals surface area contributed by atoms with Gasteiger partial charge in [-0.25, -0.2) is 0 Å². The number of pyridine rings is 1. The van der Waals surface area contributed by atoms with Gasteiger partial charge in [-0.3, -0.25) is 9.78 Å². The van der Waals surface area contributed by atoms with Crippen LogP contribution in [0, 0.1) is 18.8 Å². The molecule has 0 atom stereocenters. The standard InChI is InChI=1S/C15H14N2O2S/c1-11-7-13(9-16-8-11)15(19)17-10-14-12(3-2-5-18)4-6-20-14/h4,6-9,18H,5,10H2,1H3,(H,17,19). The second-order valence-electron chi connectivity index (χ2n) is 4.15. The number of amides is 1. The van der Waals surface area contributed by atoms with Gasteiger partial charge in [0.2, 0.25) is 0 Å². The van der Waals surface area contributed by atoms with Crippen LogP contribution < -0.4 is 5.32 Å². The average molecular weight is 286 g/mol. The number of thiophene rings is 1. The summed E-state index contributed by atoms with van der Waals surface area (Å²) in [6.45, 7) is 2.14. The van der Waals surface area contributed by atoms with E-state index in [1.807, 2.05) is 18.4 Å². The molecule has 0 spiro atoms. The number of carbonyl (C=O) groups excluding carboxylic acids is 1. The number of hydrogen-bond donors (Lipinski definition) is 2. The molecule has 2 aromatic heterocycles. The largest absolute Gasteiger partial charge is 0.384 e. The number of carbonyl (C=O) groups is 1. The van der Waals surface area contributed by atoms with Gasteiger partial charge in [0.15, 0.2) is 0 Å². The Morgan fingerprint density at radius 1 is 1.50 bits per heavy atom. The predicted octanol–water partition coefficient (Wildman–Crippen LogP) is 1.73. The fourth-order valence-electron chi connectivity index (χ4n) is 1.67. The van der Waals surface area contributed by atoms with E-state index in [1.165, 1.54) is 11.3 Å². The Balaban J connectivity index is 2.02. The Morgan fingerprint density at radius 3 is 3.10 bits per heavy atom. The average Bonchev–Trinajstić information content (AvgIpc) is 2.90. The van der Waals surface area contributed by atoms with Crippen LogP contribution in [-0.4, -0.2) is 22.6 Å². The van der Waals surface area contributed by atoms with Gasteiger partial charge in [0.05, 0.1) is 12.1 Å². The van der Waals surface area contributed by atoms with Crippen molar-refractivity contribution in [1.29, 1.82) is 0 Å². The summed E-state index contributed by atoms with van der Waals surface area (Å²) in [6.07, 6.45) is 3.25. The lowest BCUT2D eigenvalue weighted by Gasteiger charge is -2.04. The summed E-state index contributed by atoms with van der Waals surface area (Å²) in [7, 11) is 0. The molecule has 5 heteroatoms. The highest BCUT2D eigenvalue weighted by Gasteiger charge is 2.08. The molecule has 2 aromatic rings. The summed E-state index contributed by atoms with van der Waals surface area (Å²) in [5.41, 5.74) is 2.33. The van der Waals surface area contributed by atoms with Gasteiger partial charge in [-0.05, 0) is 30.0 Å². The minimum Gasteiger partial charge on any atom is -0.384 e. The van der Waals surface area contributed by atoms with Gasteiger partial charge >= 0.3 is 0 Å². The molecule has 1 amide bonds. The van der Waals surface area contributed by atoms with E-state index in [1.54, 1.807) is 18.5 Å². The third-order valence-electron chi connectivity index (χ3n) is 2.59. The third kappa shape index (κ3) is 3.67. The number of hydrogen-bond acceptors (Lipinski definition) is 4. The van der Waals surface area contributed by atoms with Gasteiger partial charge in [-0.1, -0.05) is 11.8 Å². The third-order valence-corrected chi connectivity index (χ3v) is 3.52. The number of nitrogens with zero attached hydrogens (tertiary/aromatic N) is 1.